The van der Waals surface area contributed by atoms with E-state index in [1.165, 1.54) is 19.2 Å². The van der Waals surface area contributed by atoms with Crippen LogP contribution < -0.4 is 15.5 Å². The summed E-state index contributed by atoms with van der Waals surface area (Å²) in [4.78, 5) is 27.4. The number of hydrogen-bond acceptors (Lipinski definition) is 7. The van der Waals surface area contributed by atoms with Crippen LogP contribution in [0.25, 0.3) is 0 Å². The minimum atomic E-state index is -4.60. The molecule has 3 rings (SSSR count). The van der Waals surface area contributed by atoms with Gasteiger partial charge in [0, 0.05) is 31.9 Å². The van der Waals surface area contributed by atoms with Crippen LogP contribution in [0.3, 0.4) is 0 Å². The fourth-order valence-corrected chi connectivity index (χ4v) is 3.48. The van der Waals surface area contributed by atoms with Crippen molar-refractivity contribution in [3.05, 3.63) is 52.7 Å². The van der Waals surface area contributed by atoms with Crippen LogP contribution in [0.5, 0.6) is 0 Å². The zero-order valence-corrected chi connectivity index (χ0v) is 20.1. The Bertz CT molecular complexity index is 1100. The fraction of sp³-hybridized carbons (Fsp3) is 0.391. The Labute approximate surface area is 206 Å². The number of halogens is 4. The maximum absolute atomic E-state index is 13.3. The predicted molar refractivity (Wildman–Crippen MR) is 129 cm³/mol. The quantitative estimate of drug-likeness (QED) is 0.512. The Morgan fingerprint density at radius 2 is 2.00 bits per heavy atom. The summed E-state index contributed by atoms with van der Waals surface area (Å²) in [6.07, 6.45) is -0.372. The van der Waals surface area contributed by atoms with Gasteiger partial charge in [-0.1, -0.05) is 24.6 Å². The number of alkyl halides is 3. The van der Waals surface area contributed by atoms with E-state index in [2.05, 4.69) is 25.6 Å². The molecule has 0 unspecified atom stereocenters. The van der Waals surface area contributed by atoms with Crippen molar-refractivity contribution in [1.82, 2.24) is 15.3 Å². The zero-order chi connectivity index (χ0) is 25.4. The highest BCUT2D eigenvalue weighted by Gasteiger charge is 2.33. The molecule has 35 heavy (non-hydrogen) atoms. The maximum atomic E-state index is 13.3. The van der Waals surface area contributed by atoms with Gasteiger partial charge in [-0.25, -0.2) is 4.98 Å². The van der Waals surface area contributed by atoms with E-state index in [0.29, 0.717) is 37.9 Å². The van der Waals surface area contributed by atoms with Gasteiger partial charge >= 0.3 is 6.18 Å². The minimum absolute atomic E-state index is 0.0702. The standard InChI is InChI=1S/C23H26ClF3N6O2/c1-3-4-5-19(28-2)21(34)29-14-16-13-20(32-22(31-16)33-8-10-35-11-9-33)30-15-6-7-18(24)17(12-15)23(25,26)27/h4-7,12-13H,3,8-11,14H2,1-2H3,(H,29,34)(H,30,31,32)/b5-4-,28-19?. The minimum Gasteiger partial charge on any atom is -0.378 e. The van der Waals surface area contributed by atoms with Crippen molar-refractivity contribution >= 4 is 40.7 Å². The van der Waals surface area contributed by atoms with E-state index in [0.717, 1.165) is 12.5 Å². The smallest absolute Gasteiger partial charge is 0.378 e. The number of carbonyl (C=O) groups excluding carboxylic acids is 1. The van der Waals surface area contributed by atoms with Gasteiger partial charge in [-0.2, -0.15) is 18.2 Å². The molecule has 0 radical (unpaired) electrons. The van der Waals surface area contributed by atoms with Crippen molar-refractivity contribution in [3.63, 3.8) is 0 Å². The normalized spacial score (nSPS) is 14.9. The molecule has 1 aromatic heterocycles. The van der Waals surface area contributed by atoms with Crippen LogP contribution in [-0.4, -0.2) is 54.9 Å². The largest absolute Gasteiger partial charge is 0.417 e. The number of anilines is 3. The van der Waals surface area contributed by atoms with Crippen LogP contribution >= 0.6 is 11.6 Å². The molecule has 0 bridgehead atoms. The molecule has 1 saturated heterocycles. The number of aliphatic imine (C=N–C) groups is 1. The van der Waals surface area contributed by atoms with Gasteiger partial charge in [0.25, 0.3) is 5.91 Å². The van der Waals surface area contributed by atoms with Crippen molar-refractivity contribution < 1.29 is 22.7 Å². The van der Waals surface area contributed by atoms with Gasteiger partial charge < -0.3 is 20.3 Å². The van der Waals surface area contributed by atoms with Gasteiger partial charge in [-0.3, -0.25) is 9.79 Å². The highest BCUT2D eigenvalue weighted by atomic mass is 35.5. The Morgan fingerprint density at radius 1 is 1.26 bits per heavy atom. The van der Waals surface area contributed by atoms with Crippen molar-refractivity contribution in [2.45, 2.75) is 26.1 Å². The Balaban J connectivity index is 1.87. The maximum Gasteiger partial charge on any atom is 0.417 e. The number of allylic oxidation sites excluding steroid dienone is 1. The average molecular weight is 511 g/mol. The number of ether oxygens (including phenoxy) is 1. The molecular weight excluding hydrogens is 485 g/mol. The molecule has 1 aromatic carbocycles. The van der Waals surface area contributed by atoms with Crippen LogP contribution in [0.15, 0.2) is 41.4 Å². The first kappa shape index (κ1) is 26.4. The molecule has 0 atom stereocenters. The molecule has 12 heteroatoms. The molecule has 8 nitrogen and oxygen atoms in total. The Hall–Kier alpha value is -3.18. The van der Waals surface area contributed by atoms with Crippen LogP contribution in [0.2, 0.25) is 5.02 Å². The van der Waals surface area contributed by atoms with Gasteiger partial charge in [-0.15, -0.1) is 0 Å². The number of nitrogens with one attached hydrogen (secondary N) is 2. The number of morpholine rings is 1. The van der Waals surface area contributed by atoms with Crippen LogP contribution in [-0.2, 0) is 22.3 Å². The first-order valence-corrected chi connectivity index (χ1v) is 11.3. The molecule has 0 aliphatic carbocycles. The summed E-state index contributed by atoms with van der Waals surface area (Å²) >= 11 is 5.73. The Kier molecular flexibility index (Phi) is 9.05. The number of amides is 1. The lowest BCUT2D eigenvalue weighted by molar-refractivity contribution is -0.137. The highest BCUT2D eigenvalue weighted by molar-refractivity contribution is 6.43. The number of rotatable bonds is 8. The summed E-state index contributed by atoms with van der Waals surface area (Å²) in [7, 11) is 1.53. The Morgan fingerprint density at radius 3 is 2.66 bits per heavy atom. The summed E-state index contributed by atoms with van der Waals surface area (Å²) in [5.74, 6) is 0.282. The summed E-state index contributed by atoms with van der Waals surface area (Å²) < 4.78 is 45.2. The second-order valence-corrected chi connectivity index (χ2v) is 7.97. The monoisotopic (exact) mass is 510 g/mol. The summed E-state index contributed by atoms with van der Waals surface area (Å²) in [6.45, 7) is 4.13. The summed E-state index contributed by atoms with van der Waals surface area (Å²) in [5, 5.41) is 5.27. The van der Waals surface area contributed by atoms with E-state index >= 15 is 0 Å². The number of aromatic nitrogens is 2. The number of nitrogens with zero attached hydrogens (tertiary/aromatic N) is 4. The molecule has 0 saturated carbocycles. The number of carbonyl (C=O) groups is 1. The molecule has 1 aliphatic heterocycles. The molecule has 188 valence electrons. The van der Waals surface area contributed by atoms with Crippen LogP contribution in [0, 0.1) is 0 Å². The molecule has 2 N–H and O–H groups in total. The van der Waals surface area contributed by atoms with Gasteiger partial charge in [0.15, 0.2) is 0 Å². The third-order valence-corrected chi connectivity index (χ3v) is 5.35. The highest BCUT2D eigenvalue weighted by Crippen LogP contribution is 2.36. The van der Waals surface area contributed by atoms with Crippen LogP contribution in [0.4, 0.5) is 30.6 Å². The molecule has 1 fully saturated rings. The third kappa shape index (κ3) is 7.40. The van der Waals surface area contributed by atoms with E-state index in [1.807, 2.05) is 17.9 Å². The lowest BCUT2D eigenvalue weighted by Gasteiger charge is -2.27. The fourth-order valence-electron chi connectivity index (χ4n) is 3.25. The molecule has 1 aliphatic rings. The second kappa shape index (κ2) is 12.0. The topological polar surface area (TPSA) is 91.7 Å². The van der Waals surface area contributed by atoms with E-state index in [9.17, 15) is 18.0 Å². The number of hydrogen-bond donors (Lipinski definition) is 2. The first-order valence-electron chi connectivity index (χ1n) is 11.0. The third-order valence-electron chi connectivity index (χ3n) is 5.02. The SMILES string of the molecule is CC/C=C\C(=NC)C(=O)NCc1cc(Nc2ccc(Cl)c(C(F)(F)F)c2)nc(N2CCOCC2)n1. The second-order valence-electron chi connectivity index (χ2n) is 7.56. The van der Waals surface area contributed by atoms with E-state index < -0.39 is 16.8 Å². The zero-order valence-electron chi connectivity index (χ0n) is 19.3. The molecule has 2 heterocycles. The summed E-state index contributed by atoms with van der Waals surface area (Å²) in [6, 6.07) is 5.09. The van der Waals surface area contributed by atoms with Crippen molar-refractivity contribution in [2.75, 3.05) is 43.6 Å². The van der Waals surface area contributed by atoms with Gasteiger partial charge in [0.05, 0.1) is 36.0 Å². The molecular formula is C23H26ClF3N6O2. The lowest BCUT2D eigenvalue weighted by atomic mass is 10.2. The lowest BCUT2D eigenvalue weighted by Crippen LogP contribution is -2.37. The summed E-state index contributed by atoms with van der Waals surface area (Å²) in [5.41, 5.74) is -0.0511. The molecule has 0 spiro atoms. The van der Waals surface area contributed by atoms with Crippen molar-refractivity contribution in [1.29, 1.82) is 0 Å². The van der Waals surface area contributed by atoms with Crippen LogP contribution in [0.1, 0.15) is 24.6 Å². The van der Waals surface area contributed by atoms with Gasteiger partial charge in [-0.05, 0) is 30.7 Å². The molecule has 1 amide bonds. The van der Waals surface area contributed by atoms with Crippen molar-refractivity contribution in [3.8, 4) is 0 Å². The predicted octanol–water partition coefficient (Wildman–Crippen LogP) is 4.38. The van der Waals surface area contributed by atoms with Gasteiger partial charge in [0.1, 0.15) is 11.5 Å². The van der Waals surface area contributed by atoms with E-state index in [4.69, 9.17) is 16.3 Å². The molecule has 2 aromatic rings. The van der Waals surface area contributed by atoms with Gasteiger partial charge in [0.2, 0.25) is 5.95 Å². The first-order chi connectivity index (χ1) is 16.7. The van der Waals surface area contributed by atoms with E-state index in [-0.39, 0.29) is 29.7 Å². The van der Waals surface area contributed by atoms with E-state index in [1.54, 1.807) is 12.1 Å². The number of benzene rings is 1. The average Bonchev–Trinajstić information content (AvgIpc) is 2.84. The van der Waals surface area contributed by atoms with Crippen molar-refractivity contribution in [2.24, 2.45) is 4.99 Å².